The van der Waals surface area contributed by atoms with Crippen LogP contribution in [-0.4, -0.2) is 21.3 Å². The lowest BCUT2D eigenvalue weighted by Gasteiger charge is -2.13. The van der Waals surface area contributed by atoms with Gasteiger partial charge in [-0.25, -0.2) is 4.79 Å². The normalized spacial score (nSPS) is 10.7. The molecule has 1 heterocycles. The first kappa shape index (κ1) is 13.9. The molecule has 0 spiro atoms. The van der Waals surface area contributed by atoms with Crippen LogP contribution in [0.1, 0.15) is 19.5 Å². The SMILES string of the molecule is COn1c(=O)c([N+](=O)[O-])c(C)n(CC(C)C)c1=O. The average molecular weight is 257 g/mol. The Morgan fingerprint density at radius 2 is 1.94 bits per heavy atom. The Morgan fingerprint density at radius 1 is 1.39 bits per heavy atom. The van der Waals surface area contributed by atoms with Crippen molar-refractivity contribution in [1.82, 2.24) is 9.30 Å². The van der Waals surface area contributed by atoms with Crippen molar-refractivity contribution in [3.63, 3.8) is 0 Å². The molecule has 0 bridgehead atoms. The standard InChI is InChI=1S/C10H15N3O5/c1-6(2)5-11-7(3)8(13(16)17)9(14)12(18-4)10(11)15/h6H,5H2,1-4H3. The van der Waals surface area contributed by atoms with Crippen molar-refractivity contribution in [2.24, 2.45) is 5.92 Å². The van der Waals surface area contributed by atoms with Gasteiger partial charge in [-0.1, -0.05) is 18.6 Å². The fourth-order valence-electron chi connectivity index (χ4n) is 1.67. The molecular weight excluding hydrogens is 242 g/mol. The minimum atomic E-state index is -1.05. The summed E-state index contributed by atoms with van der Waals surface area (Å²) < 4.78 is 1.57. The van der Waals surface area contributed by atoms with Crippen LogP contribution in [0.25, 0.3) is 0 Å². The maximum absolute atomic E-state index is 11.9. The molecule has 0 aliphatic heterocycles. The summed E-state index contributed by atoms with van der Waals surface area (Å²) in [5.41, 5.74) is -2.36. The summed E-state index contributed by atoms with van der Waals surface area (Å²) in [6.45, 7) is 5.37. The van der Waals surface area contributed by atoms with Crippen molar-refractivity contribution in [3.05, 3.63) is 36.6 Å². The lowest BCUT2D eigenvalue weighted by molar-refractivity contribution is -0.388. The minimum Gasteiger partial charge on any atom is -0.409 e. The van der Waals surface area contributed by atoms with Gasteiger partial charge in [0.15, 0.2) is 0 Å². The summed E-state index contributed by atoms with van der Waals surface area (Å²) in [6, 6.07) is 0. The highest BCUT2D eigenvalue weighted by molar-refractivity contribution is 5.31. The Morgan fingerprint density at radius 3 is 2.33 bits per heavy atom. The highest BCUT2D eigenvalue weighted by Crippen LogP contribution is 2.10. The predicted octanol–water partition coefficient (Wildman–Crippen LogP) is -0.0590. The fraction of sp³-hybridized carbons (Fsp3) is 0.600. The van der Waals surface area contributed by atoms with E-state index >= 15 is 0 Å². The van der Waals surface area contributed by atoms with E-state index in [1.54, 1.807) is 0 Å². The largest absolute Gasteiger partial charge is 0.409 e. The van der Waals surface area contributed by atoms with Crippen LogP contribution in [0.5, 0.6) is 0 Å². The van der Waals surface area contributed by atoms with Crippen molar-refractivity contribution in [2.45, 2.75) is 27.3 Å². The first-order valence-corrected chi connectivity index (χ1v) is 5.36. The summed E-state index contributed by atoms with van der Waals surface area (Å²) in [5.74, 6) is 0.101. The van der Waals surface area contributed by atoms with Crippen molar-refractivity contribution < 1.29 is 9.76 Å². The third-order valence-corrected chi connectivity index (χ3v) is 2.45. The van der Waals surface area contributed by atoms with Crippen LogP contribution in [0.4, 0.5) is 5.69 Å². The van der Waals surface area contributed by atoms with Crippen molar-refractivity contribution >= 4 is 5.69 Å². The average Bonchev–Trinajstić information content (AvgIpc) is 2.24. The van der Waals surface area contributed by atoms with E-state index in [4.69, 9.17) is 0 Å². The Kier molecular flexibility index (Phi) is 3.89. The van der Waals surface area contributed by atoms with Crippen LogP contribution in [0.2, 0.25) is 0 Å². The van der Waals surface area contributed by atoms with E-state index in [9.17, 15) is 19.7 Å². The second-order valence-corrected chi connectivity index (χ2v) is 4.26. The van der Waals surface area contributed by atoms with Gasteiger partial charge in [0.2, 0.25) is 0 Å². The van der Waals surface area contributed by atoms with Gasteiger partial charge < -0.3 is 4.84 Å². The molecule has 0 fully saturated rings. The van der Waals surface area contributed by atoms with Crippen LogP contribution >= 0.6 is 0 Å². The third kappa shape index (κ3) is 2.27. The number of hydrogen-bond donors (Lipinski definition) is 0. The van der Waals surface area contributed by atoms with Gasteiger partial charge in [0.1, 0.15) is 12.8 Å². The van der Waals surface area contributed by atoms with E-state index in [2.05, 4.69) is 4.84 Å². The van der Waals surface area contributed by atoms with E-state index in [1.807, 2.05) is 13.8 Å². The Hall–Kier alpha value is -2.12. The molecule has 0 saturated carbocycles. The summed E-state index contributed by atoms with van der Waals surface area (Å²) in [4.78, 5) is 38.3. The van der Waals surface area contributed by atoms with Gasteiger partial charge >= 0.3 is 16.9 Å². The zero-order chi connectivity index (χ0) is 14.0. The van der Waals surface area contributed by atoms with Gasteiger partial charge in [-0.3, -0.25) is 19.5 Å². The number of hydrogen-bond acceptors (Lipinski definition) is 5. The maximum Gasteiger partial charge on any atom is 0.367 e. The maximum atomic E-state index is 11.9. The molecule has 0 N–H and O–H groups in total. The molecule has 1 aromatic rings. The molecule has 0 amide bonds. The zero-order valence-corrected chi connectivity index (χ0v) is 10.7. The molecular formula is C10H15N3O5. The van der Waals surface area contributed by atoms with Crippen LogP contribution in [0.3, 0.4) is 0 Å². The molecule has 0 aromatic carbocycles. The van der Waals surface area contributed by atoms with Gasteiger partial charge in [0.25, 0.3) is 0 Å². The monoisotopic (exact) mass is 257 g/mol. The van der Waals surface area contributed by atoms with E-state index < -0.39 is 21.9 Å². The second-order valence-electron chi connectivity index (χ2n) is 4.26. The molecule has 8 heteroatoms. The Bertz CT molecular complexity index is 584. The fourth-order valence-corrected chi connectivity index (χ4v) is 1.67. The topological polar surface area (TPSA) is 96.4 Å². The van der Waals surface area contributed by atoms with Crippen molar-refractivity contribution in [1.29, 1.82) is 0 Å². The first-order chi connectivity index (χ1) is 8.31. The lowest BCUT2D eigenvalue weighted by atomic mass is 10.2. The number of nitrogens with zero attached hydrogens (tertiary/aromatic N) is 3. The molecule has 0 aliphatic rings. The molecule has 18 heavy (non-hydrogen) atoms. The number of aromatic nitrogens is 2. The van der Waals surface area contributed by atoms with Crippen LogP contribution < -0.4 is 16.1 Å². The Balaban J connectivity index is 3.73. The van der Waals surface area contributed by atoms with E-state index in [0.29, 0.717) is 4.73 Å². The van der Waals surface area contributed by atoms with Gasteiger partial charge in [-0.05, 0) is 12.8 Å². The quantitative estimate of drug-likeness (QED) is 0.556. The highest BCUT2D eigenvalue weighted by atomic mass is 16.7. The third-order valence-electron chi connectivity index (χ3n) is 2.45. The molecule has 0 saturated heterocycles. The van der Waals surface area contributed by atoms with Crippen LogP contribution in [-0.2, 0) is 6.54 Å². The molecule has 0 unspecified atom stereocenters. The molecule has 1 aromatic heterocycles. The van der Waals surface area contributed by atoms with Gasteiger partial charge in [-0.2, -0.15) is 0 Å². The van der Waals surface area contributed by atoms with Gasteiger partial charge in [0, 0.05) is 6.54 Å². The van der Waals surface area contributed by atoms with Crippen LogP contribution in [0.15, 0.2) is 9.59 Å². The summed E-state index contributed by atoms with van der Waals surface area (Å²) in [6.07, 6.45) is 0. The zero-order valence-electron chi connectivity index (χ0n) is 10.7. The summed E-state index contributed by atoms with van der Waals surface area (Å²) in [5, 5.41) is 10.9. The molecule has 100 valence electrons. The van der Waals surface area contributed by atoms with Gasteiger partial charge in [-0.15, -0.1) is 0 Å². The predicted molar refractivity (Wildman–Crippen MR) is 63.7 cm³/mol. The molecule has 8 nitrogen and oxygen atoms in total. The van der Waals surface area contributed by atoms with E-state index in [-0.39, 0.29) is 18.2 Å². The summed E-state index contributed by atoms with van der Waals surface area (Å²) >= 11 is 0. The van der Waals surface area contributed by atoms with Crippen LogP contribution in [0, 0.1) is 23.0 Å². The van der Waals surface area contributed by atoms with E-state index in [0.717, 1.165) is 7.11 Å². The van der Waals surface area contributed by atoms with Gasteiger partial charge in [0.05, 0.1) is 4.92 Å². The molecule has 0 atom stereocenters. The highest BCUT2D eigenvalue weighted by Gasteiger charge is 2.25. The number of nitro groups is 1. The molecule has 1 rings (SSSR count). The Labute approximate surface area is 103 Å². The number of rotatable bonds is 4. The first-order valence-electron chi connectivity index (χ1n) is 5.36. The smallest absolute Gasteiger partial charge is 0.367 e. The summed E-state index contributed by atoms with van der Waals surface area (Å²) in [7, 11) is 1.11. The lowest BCUT2D eigenvalue weighted by Crippen LogP contribution is -2.45. The molecule has 0 aliphatic carbocycles. The van der Waals surface area contributed by atoms with Crippen molar-refractivity contribution in [2.75, 3.05) is 7.11 Å². The second kappa shape index (κ2) is 5.03. The minimum absolute atomic E-state index is 0.0389. The van der Waals surface area contributed by atoms with Crippen molar-refractivity contribution in [3.8, 4) is 0 Å². The van der Waals surface area contributed by atoms with E-state index in [1.165, 1.54) is 11.5 Å². The molecule has 0 radical (unpaired) electrons.